The molecular formula is C23H21ClFNO5S. The van der Waals surface area contributed by atoms with Gasteiger partial charge in [0.2, 0.25) is 0 Å². The van der Waals surface area contributed by atoms with Gasteiger partial charge in [-0.3, -0.25) is 4.31 Å². The monoisotopic (exact) mass is 477 g/mol. The molecule has 0 saturated carbocycles. The Balaban J connectivity index is 1.83. The van der Waals surface area contributed by atoms with Crippen LogP contribution in [0.1, 0.15) is 28.4 Å². The first-order chi connectivity index (χ1) is 15.1. The highest BCUT2D eigenvalue weighted by molar-refractivity contribution is 7.92. The maximum absolute atomic E-state index is 13.9. The average Bonchev–Trinajstić information content (AvgIpc) is 2.74. The lowest BCUT2D eigenvalue weighted by atomic mass is 10.1. The summed E-state index contributed by atoms with van der Waals surface area (Å²) in [5.74, 6) is -1.26. The van der Waals surface area contributed by atoms with E-state index in [1.165, 1.54) is 28.6 Å². The molecule has 32 heavy (non-hydrogen) atoms. The van der Waals surface area contributed by atoms with Crippen LogP contribution in [-0.2, 0) is 16.6 Å². The average molecular weight is 478 g/mol. The lowest BCUT2D eigenvalue weighted by Crippen LogP contribution is -2.31. The Kier molecular flexibility index (Phi) is 7.06. The zero-order valence-corrected chi connectivity index (χ0v) is 19.0. The van der Waals surface area contributed by atoms with Crippen molar-refractivity contribution in [3.8, 4) is 5.75 Å². The van der Waals surface area contributed by atoms with Crippen LogP contribution in [0.2, 0.25) is 5.02 Å². The van der Waals surface area contributed by atoms with Crippen molar-refractivity contribution in [3.63, 3.8) is 0 Å². The van der Waals surface area contributed by atoms with Crippen molar-refractivity contribution in [1.82, 2.24) is 0 Å². The molecule has 0 heterocycles. The topological polar surface area (TPSA) is 83.9 Å². The van der Waals surface area contributed by atoms with E-state index >= 15 is 0 Å². The molecule has 3 aromatic rings. The molecule has 168 valence electrons. The Morgan fingerprint density at radius 2 is 1.81 bits per heavy atom. The van der Waals surface area contributed by atoms with Gasteiger partial charge in [-0.05, 0) is 67.9 Å². The maximum atomic E-state index is 13.9. The van der Waals surface area contributed by atoms with Crippen LogP contribution in [0, 0.1) is 12.7 Å². The number of rotatable bonds is 8. The fourth-order valence-corrected chi connectivity index (χ4v) is 4.86. The summed E-state index contributed by atoms with van der Waals surface area (Å²) in [7, 11) is -3.99. The standard InChI is InChI=1S/C23H21ClFNO5S/c1-3-26(32(29,30)18-12-7-15(2)19(13-18)23(27)28)16-8-10-17(11-9-16)31-14-20-21(24)5-4-6-22(20)25/h4-13H,3,14H2,1-2H3,(H,27,28). The Labute approximate surface area is 190 Å². The van der Waals surface area contributed by atoms with Gasteiger partial charge in [0.05, 0.1) is 21.2 Å². The number of benzene rings is 3. The van der Waals surface area contributed by atoms with E-state index in [1.807, 2.05) is 0 Å². The Bertz CT molecular complexity index is 1230. The predicted molar refractivity (Wildman–Crippen MR) is 121 cm³/mol. The second-order valence-electron chi connectivity index (χ2n) is 6.93. The van der Waals surface area contributed by atoms with Crippen molar-refractivity contribution in [2.24, 2.45) is 0 Å². The van der Waals surface area contributed by atoms with E-state index in [9.17, 15) is 22.7 Å². The van der Waals surface area contributed by atoms with Crippen molar-refractivity contribution in [2.75, 3.05) is 10.8 Å². The fraction of sp³-hybridized carbons (Fsp3) is 0.174. The van der Waals surface area contributed by atoms with Crippen molar-refractivity contribution >= 4 is 33.3 Å². The third-order valence-electron chi connectivity index (χ3n) is 4.88. The minimum Gasteiger partial charge on any atom is -0.489 e. The van der Waals surface area contributed by atoms with Crippen LogP contribution in [0.5, 0.6) is 5.75 Å². The van der Waals surface area contributed by atoms with Crippen LogP contribution in [0.15, 0.2) is 65.6 Å². The molecule has 0 bridgehead atoms. The zero-order valence-electron chi connectivity index (χ0n) is 17.4. The van der Waals surface area contributed by atoms with Crippen LogP contribution in [0.4, 0.5) is 10.1 Å². The number of carboxylic acids is 1. The van der Waals surface area contributed by atoms with Gasteiger partial charge in [-0.2, -0.15) is 0 Å². The highest BCUT2D eigenvalue weighted by atomic mass is 35.5. The molecule has 6 nitrogen and oxygen atoms in total. The largest absolute Gasteiger partial charge is 0.489 e. The number of ether oxygens (including phenoxy) is 1. The lowest BCUT2D eigenvalue weighted by Gasteiger charge is -2.23. The summed E-state index contributed by atoms with van der Waals surface area (Å²) < 4.78 is 47.0. The van der Waals surface area contributed by atoms with E-state index in [4.69, 9.17) is 16.3 Å². The van der Waals surface area contributed by atoms with Crippen molar-refractivity contribution in [1.29, 1.82) is 0 Å². The van der Waals surface area contributed by atoms with E-state index in [2.05, 4.69) is 0 Å². The molecule has 0 saturated heterocycles. The summed E-state index contributed by atoms with van der Waals surface area (Å²) in [5.41, 5.74) is 1.000. The van der Waals surface area contributed by atoms with Crippen LogP contribution in [-0.4, -0.2) is 26.0 Å². The van der Waals surface area contributed by atoms with E-state index in [-0.39, 0.29) is 34.2 Å². The molecule has 0 radical (unpaired) electrons. The second kappa shape index (κ2) is 9.58. The van der Waals surface area contributed by atoms with E-state index in [0.717, 1.165) is 6.07 Å². The van der Waals surface area contributed by atoms with E-state index in [1.54, 1.807) is 44.2 Å². The zero-order chi connectivity index (χ0) is 23.5. The first-order valence-electron chi connectivity index (χ1n) is 9.67. The van der Waals surface area contributed by atoms with Gasteiger partial charge in [0, 0.05) is 12.1 Å². The Morgan fingerprint density at radius 1 is 1.12 bits per heavy atom. The van der Waals surface area contributed by atoms with Gasteiger partial charge < -0.3 is 9.84 Å². The smallest absolute Gasteiger partial charge is 0.335 e. The van der Waals surface area contributed by atoms with Crippen LogP contribution >= 0.6 is 11.6 Å². The summed E-state index contributed by atoms with van der Waals surface area (Å²) in [6.45, 7) is 3.32. The molecule has 0 spiro atoms. The molecule has 9 heteroatoms. The van der Waals surface area contributed by atoms with Gasteiger partial charge in [0.15, 0.2) is 0 Å². The normalized spacial score (nSPS) is 11.2. The highest BCUT2D eigenvalue weighted by Crippen LogP contribution is 2.28. The fourth-order valence-electron chi connectivity index (χ4n) is 3.14. The third kappa shape index (κ3) is 4.87. The molecule has 0 fully saturated rings. The molecule has 0 amide bonds. The lowest BCUT2D eigenvalue weighted by molar-refractivity contribution is 0.0696. The number of halogens is 2. The first kappa shape index (κ1) is 23.6. The Morgan fingerprint density at radius 3 is 2.41 bits per heavy atom. The van der Waals surface area contributed by atoms with Crippen LogP contribution < -0.4 is 9.04 Å². The first-order valence-corrected chi connectivity index (χ1v) is 11.5. The number of nitrogens with zero attached hydrogens (tertiary/aromatic N) is 1. The number of hydrogen-bond acceptors (Lipinski definition) is 4. The number of hydrogen-bond donors (Lipinski definition) is 1. The molecule has 0 aliphatic rings. The summed E-state index contributed by atoms with van der Waals surface area (Å²) in [6.07, 6.45) is 0. The number of sulfonamides is 1. The van der Waals surface area contributed by atoms with Gasteiger partial charge in [-0.25, -0.2) is 17.6 Å². The third-order valence-corrected chi connectivity index (χ3v) is 7.14. The Hall–Kier alpha value is -3.10. The minimum atomic E-state index is -3.99. The molecule has 0 atom stereocenters. The van der Waals surface area contributed by atoms with Gasteiger partial charge in [-0.15, -0.1) is 0 Å². The number of carboxylic acid groups (broad SMARTS) is 1. The quantitative estimate of drug-likeness (QED) is 0.477. The molecule has 0 aliphatic carbocycles. The van der Waals surface area contributed by atoms with Gasteiger partial charge in [0.25, 0.3) is 10.0 Å². The summed E-state index contributed by atoms with van der Waals surface area (Å²) in [4.78, 5) is 11.3. The predicted octanol–water partition coefficient (Wildman–Crippen LogP) is 5.28. The highest BCUT2D eigenvalue weighted by Gasteiger charge is 2.25. The number of carbonyl (C=O) groups is 1. The molecule has 0 aromatic heterocycles. The van der Waals surface area contributed by atoms with Crippen molar-refractivity contribution in [2.45, 2.75) is 25.3 Å². The second-order valence-corrected chi connectivity index (χ2v) is 9.20. The van der Waals surface area contributed by atoms with Crippen LogP contribution in [0.3, 0.4) is 0 Å². The summed E-state index contributed by atoms with van der Waals surface area (Å²) >= 11 is 6.00. The molecule has 3 rings (SSSR count). The van der Waals surface area contributed by atoms with E-state index < -0.39 is 21.8 Å². The number of aromatic carboxylic acids is 1. The summed E-state index contributed by atoms with van der Waals surface area (Å²) in [5, 5.41) is 9.57. The van der Waals surface area contributed by atoms with E-state index in [0.29, 0.717) is 17.0 Å². The van der Waals surface area contributed by atoms with Gasteiger partial charge >= 0.3 is 5.97 Å². The molecule has 0 unspecified atom stereocenters. The molecule has 3 aromatic carbocycles. The van der Waals surface area contributed by atoms with Crippen molar-refractivity contribution in [3.05, 3.63) is 88.2 Å². The maximum Gasteiger partial charge on any atom is 0.335 e. The summed E-state index contributed by atoms with van der Waals surface area (Å²) in [6, 6.07) is 14.6. The molecule has 1 N–H and O–H groups in total. The SMILES string of the molecule is CCN(c1ccc(OCc2c(F)cccc2Cl)cc1)S(=O)(=O)c1ccc(C)c(C(=O)O)c1. The number of aryl methyl sites for hydroxylation is 1. The van der Waals surface area contributed by atoms with Gasteiger partial charge in [0.1, 0.15) is 18.2 Å². The molecule has 0 aliphatic heterocycles. The molecular weight excluding hydrogens is 457 g/mol. The van der Waals surface area contributed by atoms with Crippen LogP contribution in [0.25, 0.3) is 0 Å². The van der Waals surface area contributed by atoms with Crippen molar-refractivity contribution < 1.29 is 27.4 Å². The number of anilines is 1. The van der Waals surface area contributed by atoms with Gasteiger partial charge in [-0.1, -0.05) is 23.7 Å². The minimum absolute atomic E-state index is 0.0716.